The third kappa shape index (κ3) is 4.63. The Kier molecular flexibility index (Phi) is 5.43. The number of pyridine rings is 1. The lowest BCUT2D eigenvalue weighted by molar-refractivity contribution is 0.414. The second kappa shape index (κ2) is 7.74. The van der Waals surface area contributed by atoms with Gasteiger partial charge in [0.25, 0.3) is 10.0 Å². The predicted molar refractivity (Wildman–Crippen MR) is 98.5 cm³/mol. The molecule has 1 aliphatic rings. The van der Waals surface area contributed by atoms with Gasteiger partial charge in [0.05, 0.1) is 23.9 Å². The molecule has 134 valence electrons. The average Bonchev–Trinajstić information content (AvgIpc) is 2.64. The van der Waals surface area contributed by atoms with Crippen LogP contribution in [0.3, 0.4) is 0 Å². The van der Waals surface area contributed by atoms with E-state index in [4.69, 9.17) is 4.74 Å². The Balaban J connectivity index is 1.65. The SMILES string of the molecule is COc1ccc(S(=O)(=O)Nc2ccc(NC3CCCCC3)nc2)cc1. The van der Waals surface area contributed by atoms with E-state index in [-0.39, 0.29) is 4.90 Å². The van der Waals surface area contributed by atoms with E-state index < -0.39 is 10.0 Å². The van der Waals surface area contributed by atoms with E-state index in [1.54, 1.807) is 24.3 Å². The largest absolute Gasteiger partial charge is 0.497 e. The van der Waals surface area contributed by atoms with Gasteiger partial charge in [0, 0.05) is 6.04 Å². The third-order valence-electron chi connectivity index (χ3n) is 4.34. The van der Waals surface area contributed by atoms with Crippen molar-refractivity contribution in [1.82, 2.24) is 4.98 Å². The van der Waals surface area contributed by atoms with Gasteiger partial charge in [0.1, 0.15) is 11.6 Å². The molecule has 25 heavy (non-hydrogen) atoms. The molecule has 1 aromatic carbocycles. The molecule has 2 N–H and O–H groups in total. The molecule has 0 spiro atoms. The van der Waals surface area contributed by atoms with Crippen LogP contribution in [0.15, 0.2) is 47.5 Å². The zero-order chi connectivity index (χ0) is 17.7. The Hall–Kier alpha value is -2.28. The maximum Gasteiger partial charge on any atom is 0.261 e. The van der Waals surface area contributed by atoms with Crippen LogP contribution in [0.1, 0.15) is 32.1 Å². The normalized spacial score (nSPS) is 15.6. The number of hydrogen-bond acceptors (Lipinski definition) is 5. The first-order chi connectivity index (χ1) is 12.1. The Labute approximate surface area is 148 Å². The topological polar surface area (TPSA) is 80.3 Å². The van der Waals surface area contributed by atoms with Crippen LogP contribution in [0, 0.1) is 0 Å². The molecule has 0 unspecified atom stereocenters. The molecular weight excluding hydrogens is 338 g/mol. The van der Waals surface area contributed by atoms with Crippen LogP contribution in [0.5, 0.6) is 5.75 Å². The standard InChI is InChI=1S/C18H23N3O3S/c1-24-16-8-10-17(11-9-16)25(22,23)21-15-7-12-18(19-13-15)20-14-5-3-2-4-6-14/h7-14,21H,2-6H2,1H3,(H,19,20). The highest BCUT2D eigenvalue weighted by Gasteiger charge is 2.16. The number of benzene rings is 1. The van der Waals surface area contributed by atoms with E-state index in [1.807, 2.05) is 0 Å². The molecule has 0 bridgehead atoms. The van der Waals surface area contributed by atoms with Crippen molar-refractivity contribution < 1.29 is 13.2 Å². The zero-order valence-corrected chi connectivity index (χ0v) is 15.1. The van der Waals surface area contributed by atoms with Gasteiger partial charge in [0.15, 0.2) is 0 Å². The van der Waals surface area contributed by atoms with Crippen molar-refractivity contribution in [2.75, 3.05) is 17.1 Å². The zero-order valence-electron chi connectivity index (χ0n) is 14.2. The van der Waals surface area contributed by atoms with Gasteiger partial charge in [-0.1, -0.05) is 19.3 Å². The fraction of sp³-hybridized carbons (Fsp3) is 0.389. The first-order valence-corrected chi connectivity index (χ1v) is 9.94. The number of methoxy groups -OCH3 is 1. The first kappa shape index (κ1) is 17.5. The molecule has 1 aliphatic carbocycles. The maximum absolute atomic E-state index is 12.4. The fourth-order valence-electron chi connectivity index (χ4n) is 2.96. The van der Waals surface area contributed by atoms with Crippen LogP contribution < -0.4 is 14.8 Å². The summed E-state index contributed by atoms with van der Waals surface area (Å²) in [6, 6.07) is 10.2. The van der Waals surface area contributed by atoms with Crippen molar-refractivity contribution in [3.8, 4) is 5.75 Å². The molecular formula is C18H23N3O3S. The summed E-state index contributed by atoms with van der Waals surface area (Å²) in [7, 11) is -2.11. The summed E-state index contributed by atoms with van der Waals surface area (Å²) in [6.07, 6.45) is 7.65. The van der Waals surface area contributed by atoms with Gasteiger partial charge >= 0.3 is 0 Å². The van der Waals surface area contributed by atoms with Crippen LogP contribution in [-0.2, 0) is 10.0 Å². The van der Waals surface area contributed by atoms with Crippen molar-refractivity contribution in [3.63, 3.8) is 0 Å². The molecule has 1 fully saturated rings. The second-order valence-corrected chi connectivity index (χ2v) is 7.87. The predicted octanol–water partition coefficient (Wildman–Crippen LogP) is 3.64. The van der Waals surface area contributed by atoms with E-state index >= 15 is 0 Å². The van der Waals surface area contributed by atoms with E-state index in [0.717, 1.165) is 18.7 Å². The van der Waals surface area contributed by atoms with E-state index in [9.17, 15) is 8.42 Å². The number of nitrogens with zero attached hydrogens (tertiary/aromatic N) is 1. The van der Waals surface area contributed by atoms with Crippen LogP contribution in [0.25, 0.3) is 0 Å². The van der Waals surface area contributed by atoms with Gasteiger partial charge in [-0.25, -0.2) is 13.4 Å². The molecule has 3 rings (SSSR count). The lowest BCUT2D eigenvalue weighted by Crippen LogP contribution is -2.22. The molecule has 2 aromatic rings. The minimum atomic E-state index is -3.64. The molecule has 1 aromatic heterocycles. The first-order valence-electron chi connectivity index (χ1n) is 8.46. The maximum atomic E-state index is 12.4. The number of nitrogens with one attached hydrogen (secondary N) is 2. The summed E-state index contributed by atoms with van der Waals surface area (Å²) in [5.41, 5.74) is 0.435. The molecule has 0 atom stereocenters. The van der Waals surface area contributed by atoms with Gasteiger partial charge in [0.2, 0.25) is 0 Å². The van der Waals surface area contributed by atoms with Gasteiger partial charge in [-0.15, -0.1) is 0 Å². The van der Waals surface area contributed by atoms with Gasteiger partial charge < -0.3 is 10.1 Å². The minimum absolute atomic E-state index is 0.178. The van der Waals surface area contributed by atoms with Gasteiger partial charge in [-0.2, -0.15) is 0 Å². The lowest BCUT2D eigenvalue weighted by atomic mass is 9.95. The Morgan fingerprint density at radius 1 is 1.04 bits per heavy atom. The highest BCUT2D eigenvalue weighted by Crippen LogP contribution is 2.22. The van der Waals surface area contributed by atoms with Crippen LogP contribution in [0.4, 0.5) is 11.5 Å². The summed E-state index contributed by atoms with van der Waals surface area (Å²) >= 11 is 0. The molecule has 0 aliphatic heterocycles. The van der Waals surface area contributed by atoms with E-state index in [1.165, 1.54) is 44.7 Å². The number of aromatic nitrogens is 1. The quantitative estimate of drug-likeness (QED) is 0.821. The summed E-state index contributed by atoms with van der Waals surface area (Å²) in [5, 5.41) is 3.41. The fourth-order valence-corrected chi connectivity index (χ4v) is 4.01. The van der Waals surface area contributed by atoms with Gasteiger partial charge in [-0.3, -0.25) is 4.72 Å². The van der Waals surface area contributed by atoms with Crippen molar-refractivity contribution in [2.24, 2.45) is 0 Å². The van der Waals surface area contributed by atoms with Crippen LogP contribution in [0.2, 0.25) is 0 Å². The molecule has 1 saturated carbocycles. The number of ether oxygens (including phenoxy) is 1. The van der Waals surface area contributed by atoms with Crippen molar-refractivity contribution >= 4 is 21.5 Å². The Bertz CT molecular complexity index is 783. The average molecular weight is 361 g/mol. The van der Waals surface area contributed by atoms with Gasteiger partial charge in [-0.05, 0) is 49.2 Å². The Morgan fingerprint density at radius 3 is 2.36 bits per heavy atom. The van der Waals surface area contributed by atoms with Crippen molar-refractivity contribution in [3.05, 3.63) is 42.6 Å². The number of hydrogen-bond donors (Lipinski definition) is 2. The van der Waals surface area contributed by atoms with Crippen molar-refractivity contribution in [1.29, 1.82) is 0 Å². The second-order valence-electron chi connectivity index (χ2n) is 6.19. The highest BCUT2D eigenvalue weighted by atomic mass is 32.2. The summed E-state index contributed by atoms with van der Waals surface area (Å²) in [6.45, 7) is 0. The minimum Gasteiger partial charge on any atom is -0.497 e. The van der Waals surface area contributed by atoms with Crippen LogP contribution >= 0.6 is 0 Å². The van der Waals surface area contributed by atoms with Crippen molar-refractivity contribution in [2.45, 2.75) is 43.0 Å². The number of anilines is 2. The third-order valence-corrected chi connectivity index (χ3v) is 5.74. The molecule has 0 amide bonds. The Morgan fingerprint density at radius 2 is 1.76 bits per heavy atom. The van der Waals surface area contributed by atoms with E-state index in [2.05, 4.69) is 15.0 Å². The summed E-state index contributed by atoms with van der Waals surface area (Å²) in [4.78, 5) is 4.50. The summed E-state index contributed by atoms with van der Waals surface area (Å²) in [5.74, 6) is 1.39. The highest BCUT2D eigenvalue weighted by molar-refractivity contribution is 7.92. The smallest absolute Gasteiger partial charge is 0.261 e. The van der Waals surface area contributed by atoms with Crippen LogP contribution in [-0.4, -0.2) is 26.6 Å². The monoisotopic (exact) mass is 361 g/mol. The molecule has 1 heterocycles. The molecule has 0 radical (unpaired) electrons. The number of rotatable bonds is 6. The molecule has 7 heteroatoms. The van der Waals surface area contributed by atoms with E-state index in [0.29, 0.717) is 17.5 Å². The molecule has 6 nitrogen and oxygen atoms in total. The molecule has 0 saturated heterocycles. The summed E-state index contributed by atoms with van der Waals surface area (Å²) < 4.78 is 32.4. The lowest BCUT2D eigenvalue weighted by Gasteiger charge is -2.23. The number of sulfonamides is 1.